The summed E-state index contributed by atoms with van der Waals surface area (Å²) in [6.45, 7) is 5.41. The molecule has 0 amide bonds. The molecule has 0 aromatic heterocycles. The van der Waals surface area contributed by atoms with Crippen molar-refractivity contribution in [1.29, 1.82) is 0 Å². The lowest BCUT2D eigenvalue weighted by Gasteiger charge is -2.26. The van der Waals surface area contributed by atoms with E-state index in [0.29, 0.717) is 19.6 Å². The highest BCUT2D eigenvalue weighted by Crippen LogP contribution is 2.12. The van der Waals surface area contributed by atoms with Crippen LogP contribution in [-0.2, 0) is 16.8 Å². The molecule has 1 aromatic rings. The van der Waals surface area contributed by atoms with Gasteiger partial charge in [-0.3, -0.25) is 0 Å². The second-order valence-corrected chi connectivity index (χ2v) is 6.63. The van der Waals surface area contributed by atoms with E-state index < -0.39 is 10.2 Å². The van der Waals surface area contributed by atoms with Crippen molar-refractivity contribution in [2.75, 3.05) is 20.1 Å². The van der Waals surface area contributed by atoms with Crippen LogP contribution in [0.3, 0.4) is 0 Å². The standard InChI is InChI=1S/C14H24N2O2S/c1-4-6-12-15(3)19(17,18)16(5-2)13-14-10-8-7-9-11-14/h7-11H,4-6,12-13H2,1-3H3. The first-order chi connectivity index (χ1) is 9.02. The third kappa shape index (κ3) is 4.60. The van der Waals surface area contributed by atoms with Gasteiger partial charge in [0.15, 0.2) is 0 Å². The van der Waals surface area contributed by atoms with Gasteiger partial charge < -0.3 is 0 Å². The van der Waals surface area contributed by atoms with Crippen LogP contribution in [0.4, 0.5) is 0 Å². The molecule has 0 aliphatic rings. The maximum Gasteiger partial charge on any atom is 0.282 e. The molecule has 0 saturated heterocycles. The Hall–Kier alpha value is -0.910. The Morgan fingerprint density at radius 1 is 1.11 bits per heavy atom. The highest BCUT2D eigenvalue weighted by Gasteiger charge is 2.25. The highest BCUT2D eigenvalue weighted by atomic mass is 32.2. The summed E-state index contributed by atoms with van der Waals surface area (Å²) in [5, 5.41) is 0. The number of benzene rings is 1. The normalized spacial score (nSPS) is 12.3. The van der Waals surface area contributed by atoms with Crippen molar-refractivity contribution < 1.29 is 8.42 Å². The molecule has 0 fully saturated rings. The van der Waals surface area contributed by atoms with Gasteiger partial charge in [0.2, 0.25) is 0 Å². The highest BCUT2D eigenvalue weighted by molar-refractivity contribution is 7.86. The zero-order chi connectivity index (χ0) is 14.3. The molecule has 0 atom stereocenters. The molecular formula is C14H24N2O2S. The lowest BCUT2D eigenvalue weighted by Crippen LogP contribution is -2.41. The van der Waals surface area contributed by atoms with Gasteiger partial charge in [0.25, 0.3) is 10.2 Å². The van der Waals surface area contributed by atoms with Crippen molar-refractivity contribution in [2.45, 2.75) is 33.2 Å². The van der Waals surface area contributed by atoms with Gasteiger partial charge in [-0.2, -0.15) is 17.0 Å². The fourth-order valence-corrected chi connectivity index (χ4v) is 3.23. The smallest absolute Gasteiger partial charge is 0.195 e. The SMILES string of the molecule is CCCCN(C)S(=O)(=O)N(CC)Cc1ccccc1. The zero-order valence-electron chi connectivity index (χ0n) is 12.0. The Labute approximate surface area is 117 Å². The maximum atomic E-state index is 12.4. The number of rotatable bonds is 8. The van der Waals surface area contributed by atoms with Crippen LogP contribution in [0.2, 0.25) is 0 Å². The van der Waals surface area contributed by atoms with E-state index in [4.69, 9.17) is 0 Å². The molecule has 0 spiro atoms. The van der Waals surface area contributed by atoms with E-state index in [0.717, 1.165) is 18.4 Å². The fourth-order valence-electron chi connectivity index (χ4n) is 1.84. The van der Waals surface area contributed by atoms with Crippen molar-refractivity contribution in [3.05, 3.63) is 35.9 Å². The van der Waals surface area contributed by atoms with E-state index in [2.05, 4.69) is 6.92 Å². The minimum Gasteiger partial charge on any atom is -0.195 e. The Balaban J connectivity index is 2.78. The molecular weight excluding hydrogens is 260 g/mol. The second kappa shape index (κ2) is 7.62. The van der Waals surface area contributed by atoms with Gasteiger partial charge in [-0.25, -0.2) is 0 Å². The Morgan fingerprint density at radius 3 is 2.26 bits per heavy atom. The molecule has 0 saturated carbocycles. The number of nitrogens with zero attached hydrogens (tertiary/aromatic N) is 2. The summed E-state index contributed by atoms with van der Waals surface area (Å²) in [5.74, 6) is 0. The van der Waals surface area contributed by atoms with E-state index >= 15 is 0 Å². The van der Waals surface area contributed by atoms with Gasteiger partial charge in [0, 0.05) is 26.7 Å². The second-order valence-electron chi connectivity index (χ2n) is 4.59. The Morgan fingerprint density at radius 2 is 1.74 bits per heavy atom. The first-order valence-corrected chi connectivity index (χ1v) is 8.17. The third-order valence-electron chi connectivity index (χ3n) is 3.10. The van der Waals surface area contributed by atoms with Crippen molar-refractivity contribution in [3.63, 3.8) is 0 Å². The molecule has 0 aliphatic carbocycles. The summed E-state index contributed by atoms with van der Waals surface area (Å²) in [6.07, 6.45) is 1.88. The maximum absolute atomic E-state index is 12.4. The Kier molecular flexibility index (Phi) is 6.48. The summed E-state index contributed by atoms with van der Waals surface area (Å²) >= 11 is 0. The minimum atomic E-state index is -3.35. The fraction of sp³-hybridized carbons (Fsp3) is 0.571. The zero-order valence-corrected chi connectivity index (χ0v) is 12.9. The lowest BCUT2D eigenvalue weighted by atomic mass is 10.2. The summed E-state index contributed by atoms with van der Waals surface area (Å²) in [6, 6.07) is 9.68. The first-order valence-electron chi connectivity index (χ1n) is 6.77. The molecule has 5 heteroatoms. The molecule has 1 rings (SSSR count). The van der Waals surface area contributed by atoms with Crippen molar-refractivity contribution in [1.82, 2.24) is 8.61 Å². The van der Waals surface area contributed by atoms with E-state index in [1.165, 1.54) is 8.61 Å². The predicted molar refractivity (Wildman–Crippen MR) is 79.0 cm³/mol. The van der Waals surface area contributed by atoms with Crippen molar-refractivity contribution in [3.8, 4) is 0 Å². The average molecular weight is 284 g/mol. The molecule has 0 N–H and O–H groups in total. The molecule has 1 aromatic carbocycles. The van der Waals surface area contributed by atoms with E-state index in [1.54, 1.807) is 7.05 Å². The van der Waals surface area contributed by atoms with Gasteiger partial charge in [0.05, 0.1) is 0 Å². The topological polar surface area (TPSA) is 40.6 Å². The van der Waals surface area contributed by atoms with Crippen molar-refractivity contribution in [2.24, 2.45) is 0 Å². The predicted octanol–water partition coefficient (Wildman–Crippen LogP) is 2.49. The summed E-state index contributed by atoms with van der Waals surface area (Å²) in [4.78, 5) is 0. The molecule has 19 heavy (non-hydrogen) atoms. The molecule has 0 heterocycles. The van der Waals surface area contributed by atoms with E-state index in [9.17, 15) is 8.42 Å². The van der Waals surface area contributed by atoms with Crippen LogP contribution >= 0.6 is 0 Å². The van der Waals surface area contributed by atoms with Crippen LogP contribution in [0, 0.1) is 0 Å². The molecule has 108 valence electrons. The third-order valence-corrected chi connectivity index (χ3v) is 5.11. The van der Waals surface area contributed by atoms with Crippen LogP contribution in [0.1, 0.15) is 32.3 Å². The van der Waals surface area contributed by atoms with E-state index in [-0.39, 0.29) is 0 Å². The summed E-state index contributed by atoms with van der Waals surface area (Å²) in [5.41, 5.74) is 1.01. The average Bonchev–Trinajstić information content (AvgIpc) is 2.42. The van der Waals surface area contributed by atoms with Crippen LogP contribution in [0.25, 0.3) is 0 Å². The van der Waals surface area contributed by atoms with Crippen LogP contribution < -0.4 is 0 Å². The monoisotopic (exact) mass is 284 g/mol. The van der Waals surface area contributed by atoms with Gasteiger partial charge in [-0.1, -0.05) is 50.6 Å². The van der Waals surface area contributed by atoms with Crippen LogP contribution in [-0.4, -0.2) is 37.2 Å². The van der Waals surface area contributed by atoms with Crippen LogP contribution in [0.15, 0.2) is 30.3 Å². The molecule has 4 nitrogen and oxygen atoms in total. The molecule has 0 bridgehead atoms. The van der Waals surface area contributed by atoms with Crippen molar-refractivity contribution >= 4 is 10.2 Å². The van der Waals surface area contributed by atoms with Gasteiger partial charge >= 0.3 is 0 Å². The summed E-state index contributed by atoms with van der Waals surface area (Å²) in [7, 11) is -1.70. The molecule has 0 aliphatic heterocycles. The molecule has 0 radical (unpaired) electrons. The Bertz CT molecular complexity index is 460. The largest absolute Gasteiger partial charge is 0.282 e. The lowest BCUT2D eigenvalue weighted by molar-refractivity contribution is 0.361. The first kappa shape index (κ1) is 16.1. The minimum absolute atomic E-state index is 0.427. The molecule has 0 unspecified atom stereocenters. The van der Waals surface area contributed by atoms with E-state index in [1.807, 2.05) is 37.3 Å². The van der Waals surface area contributed by atoms with Gasteiger partial charge in [0.1, 0.15) is 0 Å². The van der Waals surface area contributed by atoms with Crippen LogP contribution in [0.5, 0.6) is 0 Å². The van der Waals surface area contributed by atoms with Gasteiger partial charge in [-0.05, 0) is 12.0 Å². The number of hydrogen-bond donors (Lipinski definition) is 0. The number of hydrogen-bond acceptors (Lipinski definition) is 2. The number of unbranched alkanes of at least 4 members (excludes halogenated alkanes) is 1. The summed E-state index contributed by atoms with van der Waals surface area (Å²) < 4.78 is 27.8. The quantitative estimate of drug-likeness (QED) is 0.736. The van der Waals surface area contributed by atoms with Gasteiger partial charge in [-0.15, -0.1) is 0 Å².